The summed E-state index contributed by atoms with van der Waals surface area (Å²) < 4.78 is 16.2. The van der Waals surface area contributed by atoms with E-state index in [2.05, 4.69) is 52.0 Å². The minimum atomic E-state index is -4.47. The molecule has 2 aromatic carbocycles. The van der Waals surface area contributed by atoms with Gasteiger partial charge in [-0.05, 0) is 0 Å². The second-order valence-corrected chi connectivity index (χ2v) is 15.2. The summed E-state index contributed by atoms with van der Waals surface area (Å²) in [6.07, 6.45) is 6.15. The van der Waals surface area contributed by atoms with Gasteiger partial charge < -0.3 is 0 Å². The summed E-state index contributed by atoms with van der Waals surface area (Å²) >= 11 is -4.47. The van der Waals surface area contributed by atoms with E-state index < -0.39 is 21.1 Å². The Kier molecular flexibility index (Phi) is 6.55. The molecule has 0 heterocycles. The number of hydrogen-bond donors (Lipinski definition) is 0. The second-order valence-electron chi connectivity index (χ2n) is 8.49. The number of rotatable bonds is 6. The first-order valence-corrected chi connectivity index (χ1v) is 15.5. The zero-order chi connectivity index (χ0) is 23.6. The molecule has 0 aromatic heterocycles. The molecule has 164 valence electrons. The summed E-state index contributed by atoms with van der Waals surface area (Å²) in [4.78, 5) is 0. The molecule has 0 amide bonds. The van der Waals surface area contributed by atoms with Crippen LogP contribution in [0.2, 0.25) is 0 Å². The predicted molar refractivity (Wildman–Crippen MR) is 126 cm³/mol. The van der Waals surface area contributed by atoms with Crippen LogP contribution in [0, 0.1) is 22.7 Å². The third-order valence-electron chi connectivity index (χ3n) is 6.54. The van der Waals surface area contributed by atoms with E-state index in [1.807, 2.05) is 36.4 Å². The fourth-order valence-corrected chi connectivity index (χ4v) is 13.9. The molecule has 0 aliphatic heterocycles. The van der Waals surface area contributed by atoms with Gasteiger partial charge in [-0.1, -0.05) is 0 Å². The normalized spacial score (nSPS) is 15.7. The summed E-state index contributed by atoms with van der Waals surface area (Å²) in [5.41, 5.74) is 5.91. The van der Waals surface area contributed by atoms with Crippen LogP contribution in [0.4, 0.5) is 0 Å². The molecule has 2 aromatic rings. The number of allylic oxidation sites excluding steroid dienone is 8. The molecule has 0 fully saturated rings. The molecule has 33 heavy (non-hydrogen) atoms. The van der Waals surface area contributed by atoms with E-state index in [9.17, 15) is 10.5 Å². The van der Waals surface area contributed by atoms with Gasteiger partial charge in [-0.3, -0.25) is 0 Å². The predicted octanol–water partition coefficient (Wildman–Crippen LogP) is 7.12. The Morgan fingerprint density at radius 3 is 1.39 bits per heavy atom. The van der Waals surface area contributed by atoms with Crippen LogP contribution < -0.4 is 5.63 Å². The van der Waals surface area contributed by atoms with Crippen molar-refractivity contribution in [1.29, 1.82) is 10.5 Å². The van der Waals surface area contributed by atoms with Crippen LogP contribution >= 0.6 is 0 Å². The summed E-state index contributed by atoms with van der Waals surface area (Å²) in [5.74, 6) is 1.06. The van der Waals surface area contributed by atoms with E-state index in [-0.39, 0.29) is 0 Å². The Hall–Kier alpha value is -3.14. The molecule has 0 radical (unpaired) electrons. The summed E-state index contributed by atoms with van der Waals surface area (Å²) in [6, 6.07) is 19.2. The van der Waals surface area contributed by atoms with Gasteiger partial charge in [0.25, 0.3) is 0 Å². The Bertz CT molecular complexity index is 1230. The van der Waals surface area contributed by atoms with Gasteiger partial charge in [-0.15, -0.1) is 0 Å². The fraction of sp³-hybridized carbons (Fsp3) is 0.214. The maximum atomic E-state index is 9.77. The maximum absolute atomic E-state index is 9.77. The van der Waals surface area contributed by atoms with Gasteiger partial charge in [-0.2, -0.15) is 0 Å². The summed E-state index contributed by atoms with van der Waals surface area (Å²) in [5, 5.41) is 19.5. The molecular weight excluding hydrogens is 488 g/mol. The number of para-hydroxylation sites is 2. The van der Waals surface area contributed by atoms with Crippen LogP contribution in [0.1, 0.15) is 51.7 Å². The molecule has 0 saturated heterocycles. The molecule has 0 spiro atoms. The van der Waals surface area contributed by atoms with Gasteiger partial charge in [0.05, 0.1) is 0 Å². The Balaban J connectivity index is 2.00. The number of nitrogens with zero attached hydrogens (tertiary/aromatic N) is 2. The summed E-state index contributed by atoms with van der Waals surface area (Å²) in [6.45, 7) is 8.53. The van der Waals surface area contributed by atoms with Gasteiger partial charge in [0.1, 0.15) is 0 Å². The van der Waals surface area contributed by atoms with E-state index in [4.69, 9.17) is 5.63 Å². The monoisotopic (exact) mass is 512 g/mol. The summed E-state index contributed by atoms with van der Waals surface area (Å²) in [7, 11) is 0. The first kappa shape index (κ1) is 23.0. The van der Waals surface area contributed by atoms with Crippen molar-refractivity contribution < 1.29 is 26.8 Å². The molecular formula is C28H26N2O2Zr. The van der Waals surface area contributed by atoms with E-state index >= 15 is 0 Å². The quantitative estimate of drug-likeness (QED) is 0.412. The average Bonchev–Trinajstić information content (AvgIpc) is 3.35. The third kappa shape index (κ3) is 4.15. The van der Waals surface area contributed by atoms with Gasteiger partial charge in [-0.25, -0.2) is 0 Å². The van der Waals surface area contributed by atoms with Crippen LogP contribution in [-0.2, 0) is 21.1 Å². The number of nitriles is 2. The van der Waals surface area contributed by atoms with Crippen LogP contribution in [0.5, 0.6) is 11.5 Å². The number of hydrogen-bond acceptors (Lipinski definition) is 4. The van der Waals surface area contributed by atoms with Crippen molar-refractivity contribution in [3.8, 4) is 23.6 Å². The Labute approximate surface area is 201 Å². The van der Waals surface area contributed by atoms with Gasteiger partial charge in [0.15, 0.2) is 0 Å². The van der Waals surface area contributed by atoms with E-state index in [0.29, 0.717) is 22.6 Å². The topological polar surface area (TPSA) is 66.0 Å². The zero-order valence-electron chi connectivity index (χ0n) is 19.4. The Morgan fingerprint density at radius 2 is 1.06 bits per heavy atom. The average molecular weight is 514 g/mol. The van der Waals surface area contributed by atoms with Gasteiger partial charge in [0.2, 0.25) is 0 Å². The first-order chi connectivity index (χ1) is 15.9. The van der Waals surface area contributed by atoms with Crippen LogP contribution in [0.25, 0.3) is 0 Å². The molecule has 4 nitrogen and oxygen atoms in total. The van der Waals surface area contributed by atoms with E-state index in [1.54, 1.807) is 12.1 Å². The minimum absolute atomic E-state index is 0.477. The first-order valence-electron chi connectivity index (χ1n) is 11.0. The van der Waals surface area contributed by atoms with E-state index in [1.165, 1.54) is 22.3 Å². The fourth-order valence-electron chi connectivity index (χ4n) is 4.34. The molecule has 0 N–H and O–H groups in total. The van der Waals surface area contributed by atoms with E-state index in [0.717, 1.165) is 19.4 Å². The molecule has 0 bridgehead atoms. The van der Waals surface area contributed by atoms with Crippen LogP contribution in [0.3, 0.4) is 0 Å². The van der Waals surface area contributed by atoms with Crippen molar-refractivity contribution in [2.75, 3.05) is 0 Å². The van der Waals surface area contributed by atoms with Crippen molar-refractivity contribution >= 4 is 0 Å². The zero-order valence-corrected chi connectivity index (χ0v) is 21.9. The standard InChI is InChI=1S/2C7H5NO.2C7H9.Zr/c2*8-5-6-3-1-2-4-7(6)9;2*1-6-4-3-5-7(6)2;/h2*1-4,9H;2*3H,4H2,1-2H3;/q;;;;+2/p-2. The number of benzene rings is 2. The third-order valence-corrected chi connectivity index (χ3v) is 15.4. The molecule has 0 saturated carbocycles. The molecule has 5 heteroatoms. The van der Waals surface area contributed by atoms with Crippen molar-refractivity contribution in [2.24, 2.45) is 0 Å². The van der Waals surface area contributed by atoms with Gasteiger partial charge >= 0.3 is 202 Å². The van der Waals surface area contributed by atoms with Crippen molar-refractivity contribution in [1.82, 2.24) is 0 Å². The second kappa shape index (κ2) is 9.39. The van der Waals surface area contributed by atoms with Crippen LogP contribution in [-0.4, -0.2) is 0 Å². The molecule has 2 aliphatic rings. The SMILES string of the molecule is CC1=C(C)[C]([Zr]([O]c2ccccc2C#N)([O]c2ccccc2C#N)[C]2=CCC(C)=C2C)=CC1. The van der Waals surface area contributed by atoms with Crippen molar-refractivity contribution in [3.05, 3.63) is 101 Å². The van der Waals surface area contributed by atoms with Gasteiger partial charge in [0, 0.05) is 0 Å². The van der Waals surface area contributed by atoms with Crippen LogP contribution in [0.15, 0.2) is 89.5 Å². The van der Waals surface area contributed by atoms with Crippen molar-refractivity contribution in [2.45, 2.75) is 40.5 Å². The Morgan fingerprint density at radius 1 is 0.667 bits per heavy atom. The molecule has 2 aliphatic carbocycles. The molecule has 0 unspecified atom stereocenters. The van der Waals surface area contributed by atoms with Crippen molar-refractivity contribution in [3.63, 3.8) is 0 Å². The molecule has 4 rings (SSSR count). The molecule has 0 atom stereocenters.